The molecule has 1 saturated heterocycles. The highest BCUT2D eigenvalue weighted by Crippen LogP contribution is 2.25. The van der Waals surface area contributed by atoms with E-state index in [2.05, 4.69) is 16.4 Å². The second-order valence-electron chi connectivity index (χ2n) is 3.81. The number of ether oxygens (including phenoxy) is 1. The van der Waals surface area contributed by atoms with E-state index in [-0.39, 0.29) is 5.41 Å². The van der Waals surface area contributed by atoms with Crippen molar-refractivity contribution in [2.75, 3.05) is 19.8 Å². The van der Waals surface area contributed by atoms with Crippen molar-refractivity contribution in [1.82, 2.24) is 10.3 Å². The summed E-state index contributed by atoms with van der Waals surface area (Å²) in [4.78, 5) is 4.19. The van der Waals surface area contributed by atoms with Crippen molar-refractivity contribution in [3.05, 3.63) is 30.1 Å². The maximum Gasteiger partial charge on any atom is 0.116 e. The Morgan fingerprint density at radius 1 is 1.53 bits per heavy atom. The average Bonchev–Trinajstić information content (AvgIpc) is 2.24. The summed E-state index contributed by atoms with van der Waals surface area (Å²) in [7, 11) is 0. The van der Waals surface area contributed by atoms with Gasteiger partial charge < -0.3 is 10.1 Å². The highest BCUT2D eigenvalue weighted by atomic mass is 16.5. The van der Waals surface area contributed by atoms with Crippen molar-refractivity contribution in [2.24, 2.45) is 5.41 Å². The molecule has 0 bridgehead atoms. The molecule has 0 atom stereocenters. The molecule has 1 aliphatic rings. The summed E-state index contributed by atoms with van der Waals surface area (Å²) in [6.07, 6.45) is 1.77. The molecule has 0 amide bonds. The van der Waals surface area contributed by atoms with Crippen molar-refractivity contribution in [3.63, 3.8) is 0 Å². The maximum atomic E-state index is 8.95. The van der Waals surface area contributed by atoms with Gasteiger partial charge in [0.15, 0.2) is 0 Å². The van der Waals surface area contributed by atoms with Crippen molar-refractivity contribution >= 4 is 0 Å². The predicted octanol–water partition coefficient (Wildman–Crippen LogP) is 0.711. The molecule has 4 nitrogen and oxygen atoms in total. The lowest BCUT2D eigenvalue weighted by molar-refractivity contribution is -0.0755. The van der Waals surface area contributed by atoms with Gasteiger partial charge >= 0.3 is 0 Å². The van der Waals surface area contributed by atoms with Crippen LogP contribution in [0.1, 0.15) is 5.69 Å². The van der Waals surface area contributed by atoms with Gasteiger partial charge in [-0.25, -0.2) is 0 Å². The van der Waals surface area contributed by atoms with Crippen LogP contribution in [0, 0.1) is 16.7 Å². The van der Waals surface area contributed by atoms with Crippen LogP contribution in [0.25, 0.3) is 0 Å². The molecule has 0 radical (unpaired) electrons. The first-order chi connectivity index (χ1) is 7.35. The molecular weight excluding hydrogens is 190 g/mol. The van der Waals surface area contributed by atoms with Crippen molar-refractivity contribution in [1.29, 1.82) is 5.26 Å². The average molecular weight is 203 g/mol. The Labute approximate surface area is 88.9 Å². The van der Waals surface area contributed by atoms with Gasteiger partial charge in [0.25, 0.3) is 0 Å². The molecule has 15 heavy (non-hydrogen) atoms. The number of rotatable bonds is 4. The van der Waals surface area contributed by atoms with Gasteiger partial charge in [-0.2, -0.15) is 5.26 Å². The number of nitrogens with one attached hydrogen (secondary N) is 1. The van der Waals surface area contributed by atoms with Crippen LogP contribution in [-0.4, -0.2) is 24.7 Å². The van der Waals surface area contributed by atoms with Gasteiger partial charge in [-0.05, 0) is 12.1 Å². The Morgan fingerprint density at radius 2 is 2.40 bits per heavy atom. The number of hydrogen-bond acceptors (Lipinski definition) is 4. The predicted molar refractivity (Wildman–Crippen MR) is 54.8 cm³/mol. The smallest absolute Gasteiger partial charge is 0.116 e. The number of aromatic nitrogens is 1. The van der Waals surface area contributed by atoms with Crippen LogP contribution in [0.2, 0.25) is 0 Å². The van der Waals surface area contributed by atoms with Gasteiger partial charge in [-0.3, -0.25) is 4.98 Å². The van der Waals surface area contributed by atoms with E-state index < -0.39 is 0 Å². The zero-order chi connectivity index (χ0) is 10.6. The Morgan fingerprint density at radius 3 is 2.93 bits per heavy atom. The topological polar surface area (TPSA) is 57.9 Å². The minimum atomic E-state index is -0.311. The molecule has 1 aromatic heterocycles. The third kappa shape index (κ3) is 2.32. The summed E-state index contributed by atoms with van der Waals surface area (Å²) in [5, 5.41) is 12.2. The zero-order valence-corrected chi connectivity index (χ0v) is 8.44. The fourth-order valence-corrected chi connectivity index (χ4v) is 1.49. The quantitative estimate of drug-likeness (QED) is 0.783. The lowest BCUT2D eigenvalue weighted by Crippen LogP contribution is -2.48. The summed E-state index contributed by atoms with van der Waals surface area (Å²) >= 11 is 0. The summed E-state index contributed by atoms with van der Waals surface area (Å²) in [5.74, 6) is 0. The molecule has 2 rings (SSSR count). The fourth-order valence-electron chi connectivity index (χ4n) is 1.49. The Hall–Kier alpha value is -1.44. The molecule has 78 valence electrons. The highest BCUT2D eigenvalue weighted by Gasteiger charge is 2.38. The number of nitriles is 1. The Bertz CT molecular complexity index is 354. The van der Waals surface area contributed by atoms with Crippen LogP contribution < -0.4 is 5.32 Å². The van der Waals surface area contributed by atoms with E-state index >= 15 is 0 Å². The second-order valence-corrected chi connectivity index (χ2v) is 3.81. The third-order valence-electron chi connectivity index (χ3n) is 2.49. The minimum Gasteiger partial charge on any atom is -0.378 e. The van der Waals surface area contributed by atoms with Crippen LogP contribution in [0.15, 0.2) is 24.4 Å². The second kappa shape index (κ2) is 4.39. The van der Waals surface area contributed by atoms with E-state index in [1.54, 1.807) is 6.20 Å². The van der Waals surface area contributed by atoms with Crippen molar-refractivity contribution in [3.8, 4) is 6.07 Å². The van der Waals surface area contributed by atoms with E-state index in [0.29, 0.717) is 26.3 Å². The van der Waals surface area contributed by atoms with Crippen molar-refractivity contribution < 1.29 is 4.74 Å². The molecule has 0 saturated carbocycles. The Kier molecular flexibility index (Phi) is 2.95. The largest absolute Gasteiger partial charge is 0.378 e. The van der Waals surface area contributed by atoms with E-state index in [9.17, 15) is 0 Å². The van der Waals surface area contributed by atoms with Crippen LogP contribution in [0.5, 0.6) is 0 Å². The molecule has 0 spiro atoms. The van der Waals surface area contributed by atoms with Crippen LogP contribution >= 0.6 is 0 Å². The molecule has 2 heterocycles. The molecule has 0 unspecified atom stereocenters. The van der Waals surface area contributed by atoms with Crippen molar-refractivity contribution in [2.45, 2.75) is 6.54 Å². The number of hydrogen-bond donors (Lipinski definition) is 1. The molecule has 0 aromatic carbocycles. The third-order valence-corrected chi connectivity index (χ3v) is 2.49. The molecule has 0 aliphatic carbocycles. The van der Waals surface area contributed by atoms with Gasteiger partial charge in [0.05, 0.1) is 25.0 Å². The van der Waals surface area contributed by atoms with Gasteiger partial charge in [0.1, 0.15) is 5.41 Å². The molecule has 4 heteroatoms. The van der Waals surface area contributed by atoms with Gasteiger partial charge in [0, 0.05) is 19.3 Å². The van der Waals surface area contributed by atoms with Crippen LogP contribution in [-0.2, 0) is 11.3 Å². The molecule has 1 fully saturated rings. The van der Waals surface area contributed by atoms with E-state index in [1.807, 2.05) is 18.2 Å². The van der Waals surface area contributed by atoms with Gasteiger partial charge in [-0.1, -0.05) is 6.07 Å². The molecule has 1 aliphatic heterocycles. The first kappa shape index (κ1) is 10.1. The summed E-state index contributed by atoms with van der Waals surface area (Å²) in [6, 6.07) is 8.10. The zero-order valence-electron chi connectivity index (χ0n) is 8.44. The first-order valence-electron chi connectivity index (χ1n) is 4.94. The summed E-state index contributed by atoms with van der Waals surface area (Å²) < 4.78 is 5.05. The molecule has 1 aromatic rings. The summed E-state index contributed by atoms with van der Waals surface area (Å²) in [5.41, 5.74) is 0.681. The number of pyridine rings is 1. The van der Waals surface area contributed by atoms with Crippen LogP contribution in [0.4, 0.5) is 0 Å². The van der Waals surface area contributed by atoms with E-state index in [4.69, 9.17) is 10.00 Å². The van der Waals surface area contributed by atoms with Crippen LogP contribution in [0.3, 0.4) is 0 Å². The van der Waals surface area contributed by atoms with E-state index in [0.717, 1.165) is 5.69 Å². The molecular formula is C11H13N3O. The fraction of sp³-hybridized carbons (Fsp3) is 0.455. The standard InChI is InChI=1S/C11H13N3O/c12-6-11(8-15-9-11)7-13-5-10-3-1-2-4-14-10/h1-4,13H,5,7-9H2. The maximum absolute atomic E-state index is 8.95. The van der Waals surface area contributed by atoms with E-state index in [1.165, 1.54) is 0 Å². The molecule has 1 N–H and O–H groups in total. The monoisotopic (exact) mass is 203 g/mol. The Balaban J connectivity index is 1.78. The number of nitrogens with zero attached hydrogens (tertiary/aromatic N) is 2. The summed E-state index contributed by atoms with van der Waals surface area (Å²) in [6.45, 7) is 2.45. The lowest BCUT2D eigenvalue weighted by Gasteiger charge is -2.35. The van der Waals surface area contributed by atoms with Gasteiger partial charge in [0.2, 0.25) is 0 Å². The SMILES string of the molecule is N#CC1(CNCc2ccccn2)COC1. The van der Waals surface area contributed by atoms with Gasteiger partial charge in [-0.15, -0.1) is 0 Å². The highest BCUT2D eigenvalue weighted by molar-refractivity contribution is 5.07. The lowest BCUT2D eigenvalue weighted by atomic mass is 9.88. The first-order valence-corrected chi connectivity index (χ1v) is 4.94. The normalized spacial score (nSPS) is 17.8. The minimum absolute atomic E-state index is 0.311.